The van der Waals surface area contributed by atoms with Crippen LogP contribution < -0.4 is 0 Å². The van der Waals surface area contributed by atoms with Crippen molar-refractivity contribution in [2.24, 2.45) is 0 Å². The average molecular weight is 257 g/mol. The van der Waals surface area contributed by atoms with E-state index in [2.05, 4.69) is 38.1 Å². The lowest BCUT2D eigenvalue weighted by Gasteiger charge is -1.97. The number of aryl methyl sites for hydroxylation is 1. The molecule has 0 aliphatic heterocycles. The number of hydrogen-bond donors (Lipinski definition) is 0. The summed E-state index contributed by atoms with van der Waals surface area (Å²) in [6.07, 6.45) is 11.8. The van der Waals surface area contributed by atoms with E-state index in [4.69, 9.17) is 0 Å². The summed E-state index contributed by atoms with van der Waals surface area (Å²) < 4.78 is 12.6. The molecule has 0 amide bonds. The van der Waals surface area contributed by atoms with Gasteiger partial charge in [-0.1, -0.05) is 68.3 Å². The minimum absolute atomic E-state index is 0.174. The maximum Gasteiger partial charge on any atom is 0.122 e. The molecule has 0 bridgehead atoms. The van der Waals surface area contributed by atoms with Crippen LogP contribution in [0.15, 0.2) is 66.0 Å². The first-order valence-corrected chi connectivity index (χ1v) is 6.88. The predicted molar refractivity (Wildman–Crippen MR) is 81.4 cm³/mol. The Morgan fingerprint density at radius 3 is 2.32 bits per heavy atom. The van der Waals surface area contributed by atoms with E-state index in [-0.39, 0.29) is 5.83 Å². The maximum atomic E-state index is 12.6. The summed E-state index contributed by atoms with van der Waals surface area (Å²) in [5, 5.41) is 0. The topological polar surface area (TPSA) is 0 Å². The second-order valence-corrected chi connectivity index (χ2v) is 4.41. The van der Waals surface area contributed by atoms with Crippen molar-refractivity contribution in [3.05, 3.63) is 78.0 Å². The molecule has 1 aliphatic rings. The Morgan fingerprint density at radius 1 is 1.00 bits per heavy atom. The van der Waals surface area contributed by atoms with Crippen LogP contribution in [0.2, 0.25) is 0 Å². The minimum Gasteiger partial charge on any atom is -0.207 e. The fourth-order valence-corrected chi connectivity index (χ4v) is 1.73. The van der Waals surface area contributed by atoms with Gasteiger partial charge in [0.25, 0.3) is 0 Å². The fourth-order valence-electron chi connectivity index (χ4n) is 1.73. The summed E-state index contributed by atoms with van der Waals surface area (Å²) in [5.41, 5.74) is 2.60. The smallest absolute Gasteiger partial charge is 0.122 e. The highest BCUT2D eigenvalue weighted by atomic mass is 19.1. The molecule has 0 nitrogen and oxygen atoms in total. The monoisotopic (exact) mass is 257 g/mol. The highest BCUT2D eigenvalue weighted by Gasteiger charge is 1.97. The van der Waals surface area contributed by atoms with Gasteiger partial charge in [-0.25, -0.2) is 4.39 Å². The van der Waals surface area contributed by atoms with Crippen LogP contribution >= 0.6 is 0 Å². The minimum atomic E-state index is -0.174. The second kappa shape index (κ2) is 9.32. The van der Waals surface area contributed by atoms with Crippen molar-refractivity contribution < 1.29 is 4.39 Å². The van der Waals surface area contributed by atoms with Crippen molar-refractivity contribution in [3.8, 4) is 0 Å². The normalized spacial score (nSPS) is 13.8. The molecular weight excluding hydrogens is 235 g/mol. The summed E-state index contributed by atoms with van der Waals surface area (Å²) in [5.74, 6) is -0.174. The Hall–Kier alpha value is -1.63. The van der Waals surface area contributed by atoms with E-state index >= 15 is 0 Å². The number of benzene rings is 1. The Labute approximate surface area is 116 Å². The Morgan fingerprint density at radius 2 is 1.74 bits per heavy atom. The highest BCUT2D eigenvalue weighted by Crippen LogP contribution is 2.14. The predicted octanol–water partition coefficient (Wildman–Crippen LogP) is 5.59. The van der Waals surface area contributed by atoms with E-state index in [0.717, 1.165) is 19.3 Å². The summed E-state index contributed by atoms with van der Waals surface area (Å²) >= 11 is 0. The van der Waals surface area contributed by atoms with Gasteiger partial charge >= 0.3 is 0 Å². The standard InChI is InChI=1S/C10H12F.C8H10/c1-2-4-9-5-3-6-10(11)8-7-9;1-2-8-6-4-3-5-7-8/h3,5-8H,2,4H2,1H3;3-7H,2H2,1H3. The summed E-state index contributed by atoms with van der Waals surface area (Å²) in [6.45, 7) is 4.28. The first kappa shape index (κ1) is 15.4. The molecule has 0 saturated carbocycles. The Kier molecular flexibility index (Phi) is 7.57. The van der Waals surface area contributed by atoms with E-state index in [1.165, 1.54) is 23.3 Å². The summed E-state index contributed by atoms with van der Waals surface area (Å²) in [6, 6.07) is 10.5. The van der Waals surface area contributed by atoms with Crippen molar-refractivity contribution in [2.45, 2.75) is 33.1 Å². The number of rotatable bonds is 3. The molecule has 0 fully saturated rings. The van der Waals surface area contributed by atoms with E-state index < -0.39 is 0 Å². The molecular formula is C18H22F. The number of allylic oxidation sites excluding steroid dienone is 6. The van der Waals surface area contributed by atoms with Gasteiger partial charge in [-0.2, -0.15) is 0 Å². The van der Waals surface area contributed by atoms with Crippen LogP contribution in [0.25, 0.3) is 0 Å². The van der Waals surface area contributed by atoms with Gasteiger partial charge in [0.2, 0.25) is 0 Å². The number of halogens is 1. The zero-order valence-electron chi connectivity index (χ0n) is 11.8. The van der Waals surface area contributed by atoms with Gasteiger partial charge in [0.05, 0.1) is 0 Å². The van der Waals surface area contributed by atoms with Gasteiger partial charge in [0.15, 0.2) is 0 Å². The Balaban J connectivity index is 0.000000200. The van der Waals surface area contributed by atoms with Crippen LogP contribution in [-0.4, -0.2) is 0 Å². The van der Waals surface area contributed by atoms with Crippen molar-refractivity contribution in [3.63, 3.8) is 0 Å². The lowest BCUT2D eigenvalue weighted by atomic mass is 10.1. The zero-order chi connectivity index (χ0) is 13.9. The molecule has 0 heterocycles. The van der Waals surface area contributed by atoms with Gasteiger partial charge in [-0.3, -0.25) is 0 Å². The largest absolute Gasteiger partial charge is 0.207 e. The van der Waals surface area contributed by atoms with Crippen molar-refractivity contribution in [1.29, 1.82) is 0 Å². The molecule has 0 N–H and O–H groups in total. The van der Waals surface area contributed by atoms with Crippen molar-refractivity contribution in [1.82, 2.24) is 0 Å². The summed E-state index contributed by atoms with van der Waals surface area (Å²) in [7, 11) is 0. The SMILES string of the molecule is CCCC1=CC=C(F)C=C[CH]1.CCc1ccccc1. The van der Waals surface area contributed by atoms with Crippen LogP contribution in [0.4, 0.5) is 4.39 Å². The molecule has 0 spiro atoms. The van der Waals surface area contributed by atoms with Crippen molar-refractivity contribution >= 4 is 0 Å². The fraction of sp³-hybridized carbons (Fsp3) is 0.278. The molecule has 1 aliphatic carbocycles. The van der Waals surface area contributed by atoms with Gasteiger partial charge in [-0.15, -0.1) is 0 Å². The van der Waals surface area contributed by atoms with Gasteiger partial charge < -0.3 is 0 Å². The Bertz CT molecular complexity index is 438. The third kappa shape index (κ3) is 6.76. The molecule has 1 heteroatoms. The van der Waals surface area contributed by atoms with Crippen LogP contribution in [0, 0.1) is 6.42 Å². The van der Waals surface area contributed by atoms with Gasteiger partial charge in [-0.05, 0) is 30.6 Å². The third-order valence-corrected chi connectivity index (χ3v) is 2.81. The maximum absolute atomic E-state index is 12.6. The molecule has 0 aromatic heterocycles. The van der Waals surface area contributed by atoms with E-state index in [0.29, 0.717) is 0 Å². The second-order valence-electron chi connectivity index (χ2n) is 4.41. The lowest BCUT2D eigenvalue weighted by molar-refractivity contribution is 0.667. The molecule has 19 heavy (non-hydrogen) atoms. The van der Waals surface area contributed by atoms with Crippen LogP contribution in [0.5, 0.6) is 0 Å². The molecule has 1 aromatic carbocycles. The van der Waals surface area contributed by atoms with E-state index in [1.54, 1.807) is 6.08 Å². The van der Waals surface area contributed by atoms with Gasteiger partial charge in [0.1, 0.15) is 5.83 Å². The molecule has 0 unspecified atom stereocenters. The molecule has 2 rings (SSSR count). The molecule has 1 aromatic rings. The molecule has 1 radical (unpaired) electrons. The molecule has 0 saturated heterocycles. The van der Waals surface area contributed by atoms with Crippen LogP contribution in [0.3, 0.4) is 0 Å². The van der Waals surface area contributed by atoms with Crippen LogP contribution in [-0.2, 0) is 6.42 Å². The van der Waals surface area contributed by atoms with Gasteiger partial charge in [0, 0.05) is 6.42 Å². The molecule has 0 atom stereocenters. The van der Waals surface area contributed by atoms with E-state index in [9.17, 15) is 4.39 Å². The van der Waals surface area contributed by atoms with Crippen molar-refractivity contribution in [2.75, 3.05) is 0 Å². The zero-order valence-corrected chi connectivity index (χ0v) is 11.8. The third-order valence-electron chi connectivity index (χ3n) is 2.81. The first-order chi connectivity index (χ1) is 9.26. The summed E-state index contributed by atoms with van der Waals surface area (Å²) in [4.78, 5) is 0. The molecule has 101 valence electrons. The number of hydrogen-bond acceptors (Lipinski definition) is 0. The highest BCUT2D eigenvalue weighted by molar-refractivity contribution is 5.34. The quantitative estimate of drug-likeness (QED) is 0.662. The average Bonchev–Trinajstić information content (AvgIpc) is 2.66. The van der Waals surface area contributed by atoms with E-state index in [1.807, 2.05) is 18.6 Å². The first-order valence-electron chi connectivity index (χ1n) is 6.88. The lowest BCUT2D eigenvalue weighted by Crippen LogP contribution is -1.79. The van der Waals surface area contributed by atoms with Crippen LogP contribution in [0.1, 0.15) is 32.3 Å².